The maximum absolute atomic E-state index is 13.1. The molecule has 0 saturated heterocycles. The number of hydrogen-bond acceptors (Lipinski definition) is 2. The Bertz CT molecular complexity index is 459. The van der Waals surface area contributed by atoms with E-state index in [9.17, 15) is 13.2 Å². The number of benzene rings is 1. The summed E-state index contributed by atoms with van der Waals surface area (Å²) >= 11 is 0. The third-order valence-corrected chi connectivity index (χ3v) is 4.18. The Kier molecular flexibility index (Phi) is 4.39. The van der Waals surface area contributed by atoms with E-state index >= 15 is 0 Å². The van der Waals surface area contributed by atoms with Gasteiger partial charge in [0, 0.05) is 19.1 Å². The van der Waals surface area contributed by atoms with Crippen LogP contribution in [-0.4, -0.2) is 25.0 Å². The van der Waals surface area contributed by atoms with Crippen LogP contribution in [0.2, 0.25) is 0 Å². The molecule has 0 amide bonds. The summed E-state index contributed by atoms with van der Waals surface area (Å²) in [6.07, 6.45) is -3.18. The molecule has 1 aromatic rings. The third kappa shape index (κ3) is 3.33. The first kappa shape index (κ1) is 15.3. The highest BCUT2D eigenvalue weighted by Crippen LogP contribution is 2.40. The smallest absolute Gasteiger partial charge is 0.329 e. The minimum Gasteiger partial charge on any atom is -0.329 e. The first-order valence-corrected chi connectivity index (χ1v) is 6.91. The van der Waals surface area contributed by atoms with Crippen LogP contribution in [0.3, 0.4) is 0 Å². The molecule has 0 aromatic heterocycles. The molecule has 5 heteroatoms. The lowest BCUT2D eigenvalue weighted by atomic mass is 9.98. The third-order valence-electron chi connectivity index (χ3n) is 4.18. The van der Waals surface area contributed by atoms with Crippen LogP contribution in [0.5, 0.6) is 0 Å². The highest BCUT2D eigenvalue weighted by atomic mass is 19.4. The average molecular weight is 286 g/mol. The SMILES string of the molecule is CC1CC1CN(C)C(CN)c1ccccc1C(F)(F)F. The van der Waals surface area contributed by atoms with E-state index in [1.54, 1.807) is 6.07 Å². The van der Waals surface area contributed by atoms with Crippen LogP contribution in [0.4, 0.5) is 13.2 Å². The van der Waals surface area contributed by atoms with Crippen molar-refractivity contribution in [2.45, 2.75) is 25.6 Å². The largest absolute Gasteiger partial charge is 0.416 e. The Balaban J connectivity index is 2.22. The van der Waals surface area contributed by atoms with Gasteiger partial charge in [-0.05, 0) is 36.9 Å². The van der Waals surface area contributed by atoms with Crippen LogP contribution in [0.25, 0.3) is 0 Å². The monoisotopic (exact) mass is 286 g/mol. The predicted molar refractivity (Wildman–Crippen MR) is 73.1 cm³/mol. The van der Waals surface area contributed by atoms with Crippen LogP contribution in [-0.2, 0) is 6.18 Å². The second-order valence-corrected chi connectivity index (χ2v) is 5.75. The fourth-order valence-corrected chi connectivity index (χ4v) is 2.74. The van der Waals surface area contributed by atoms with Gasteiger partial charge >= 0.3 is 6.18 Å². The van der Waals surface area contributed by atoms with Gasteiger partial charge in [0.2, 0.25) is 0 Å². The summed E-state index contributed by atoms with van der Waals surface area (Å²) in [5, 5.41) is 0. The normalized spacial score (nSPS) is 23.9. The number of rotatable bonds is 5. The van der Waals surface area contributed by atoms with Gasteiger partial charge in [0.1, 0.15) is 0 Å². The van der Waals surface area contributed by atoms with E-state index in [4.69, 9.17) is 5.73 Å². The summed E-state index contributed by atoms with van der Waals surface area (Å²) in [6, 6.07) is 5.34. The van der Waals surface area contributed by atoms with E-state index in [0.717, 1.165) is 19.0 Å². The Morgan fingerprint density at radius 1 is 1.35 bits per heavy atom. The van der Waals surface area contributed by atoms with Gasteiger partial charge < -0.3 is 5.73 Å². The minimum absolute atomic E-state index is 0.185. The first-order chi connectivity index (χ1) is 9.34. The van der Waals surface area contributed by atoms with E-state index in [1.165, 1.54) is 12.1 Å². The van der Waals surface area contributed by atoms with Crippen molar-refractivity contribution in [1.82, 2.24) is 4.90 Å². The number of halogens is 3. The van der Waals surface area contributed by atoms with Crippen LogP contribution >= 0.6 is 0 Å². The number of nitrogens with zero attached hydrogens (tertiary/aromatic N) is 1. The molecule has 112 valence electrons. The Morgan fingerprint density at radius 2 is 1.95 bits per heavy atom. The van der Waals surface area contributed by atoms with Crippen LogP contribution in [0.1, 0.15) is 30.5 Å². The highest BCUT2D eigenvalue weighted by Gasteiger charge is 2.38. The molecular weight excluding hydrogens is 265 g/mol. The van der Waals surface area contributed by atoms with Gasteiger partial charge in [-0.25, -0.2) is 0 Å². The van der Waals surface area contributed by atoms with Crippen molar-refractivity contribution in [1.29, 1.82) is 0 Å². The zero-order chi connectivity index (χ0) is 14.9. The van der Waals surface area contributed by atoms with Gasteiger partial charge in [-0.15, -0.1) is 0 Å². The van der Waals surface area contributed by atoms with Crippen molar-refractivity contribution >= 4 is 0 Å². The number of likely N-dealkylation sites (N-methyl/N-ethyl adjacent to an activating group) is 1. The molecule has 3 unspecified atom stereocenters. The molecule has 0 aliphatic heterocycles. The quantitative estimate of drug-likeness (QED) is 0.900. The highest BCUT2D eigenvalue weighted by molar-refractivity contribution is 5.32. The first-order valence-electron chi connectivity index (χ1n) is 6.91. The zero-order valence-electron chi connectivity index (χ0n) is 11.8. The maximum atomic E-state index is 13.1. The second kappa shape index (κ2) is 5.74. The van der Waals surface area contributed by atoms with Crippen molar-refractivity contribution in [3.63, 3.8) is 0 Å². The molecule has 0 heterocycles. The number of hydrogen-bond donors (Lipinski definition) is 1. The Hall–Kier alpha value is -1.07. The Labute approximate surface area is 117 Å². The van der Waals surface area contributed by atoms with Crippen molar-refractivity contribution in [2.75, 3.05) is 20.1 Å². The summed E-state index contributed by atoms with van der Waals surface area (Å²) in [7, 11) is 1.86. The van der Waals surface area contributed by atoms with E-state index in [2.05, 4.69) is 6.92 Å². The molecule has 2 rings (SSSR count). The molecule has 0 spiro atoms. The molecule has 0 radical (unpaired) electrons. The minimum atomic E-state index is -4.34. The summed E-state index contributed by atoms with van der Waals surface area (Å²) in [4.78, 5) is 1.96. The van der Waals surface area contributed by atoms with Crippen molar-refractivity contribution in [3.05, 3.63) is 35.4 Å². The lowest BCUT2D eigenvalue weighted by Gasteiger charge is -2.29. The van der Waals surface area contributed by atoms with Gasteiger partial charge in [0.15, 0.2) is 0 Å². The topological polar surface area (TPSA) is 29.3 Å². The standard InChI is InChI=1S/C15H21F3N2/c1-10-7-11(10)9-20(2)14(8-19)12-5-3-4-6-13(12)15(16,17)18/h3-6,10-11,14H,7-9,19H2,1-2H3. The van der Waals surface area contributed by atoms with Gasteiger partial charge in [-0.1, -0.05) is 25.1 Å². The molecule has 1 aromatic carbocycles. The second-order valence-electron chi connectivity index (χ2n) is 5.75. The molecule has 20 heavy (non-hydrogen) atoms. The fourth-order valence-electron chi connectivity index (χ4n) is 2.74. The molecule has 1 saturated carbocycles. The lowest BCUT2D eigenvalue weighted by molar-refractivity contribution is -0.138. The number of nitrogens with two attached hydrogens (primary N) is 1. The van der Waals surface area contributed by atoms with Crippen LogP contribution in [0.15, 0.2) is 24.3 Å². The lowest BCUT2D eigenvalue weighted by Crippen LogP contribution is -2.33. The average Bonchev–Trinajstić information content (AvgIpc) is 3.05. The van der Waals surface area contributed by atoms with Gasteiger partial charge in [0.25, 0.3) is 0 Å². The molecule has 1 aliphatic carbocycles. The maximum Gasteiger partial charge on any atom is 0.416 e. The zero-order valence-corrected chi connectivity index (χ0v) is 11.8. The van der Waals surface area contributed by atoms with Gasteiger partial charge in [0.05, 0.1) is 5.56 Å². The summed E-state index contributed by atoms with van der Waals surface area (Å²) in [5.41, 5.74) is 5.44. The van der Waals surface area contributed by atoms with Crippen molar-refractivity contribution < 1.29 is 13.2 Å². The fraction of sp³-hybridized carbons (Fsp3) is 0.600. The van der Waals surface area contributed by atoms with Crippen molar-refractivity contribution in [3.8, 4) is 0 Å². The van der Waals surface area contributed by atoms with E-state index in [-0.39, 0.29) is 18.2 Å². The predicted octanol–water partition coefficient (Wildman–Crippen LogP) is 3.29. The van der Waals surface area contributed by atoms with Crippen molar-refractivity contribution in [2.24, 2.45) is 17.6 Å². The Morgan fingerprint density at radius 3 is 2.45 bits per heavy atom. The molecule has 0 bridgehead atoms. The summed E-state index contributed by atoms with van der Waals surface area (Å²) in [6.45, 7) is 3.15. The summed E-state index contributed by atoms with van der Waals surface area (Å²) < 4.78 is 39.3. The molecule has 2 N–H and O–H groups in total. The molecular formula is C15H21F3N2. The van der Waals surface area contributed by atoms with E-state index in [1.807, 2.05) is 11.9 Å². The molecule has 3 atom stereocenters. The van der Waals surface area contributed by atoms with E-state index in [0.29, 0.717) is 11.8 Å². The molecule has 1 fully saturated rings. The molecule has 2 nitrogen and oxygen atoms in total. The van der Waals surface area contributed by atoms with Gasteiger partial charge in [-0.3, -0.25) is 4.90 Å². The van der Waals surface area contributed by atoms with Gasteiger partial charge in [-0.2, -0.15) is 13.2 Å². The van der Waals surface area contributed by atoms with E-state index < -0.39 is 11.7 Å². The van der Waals surface area contributed by atoms with Crippen LogP contribution in [0, 0.1) is 11.8 Å². The number of alkyl halides is 3. The van der Waals surface area contributed by atoms with Crippen LogP contribution < -0.4 is 5.73 Å². The molecule has 1 aliphatic rings. The summed E-state index contributed by atoms with van der Waals surface area (Å²) in [5.74, 6) is 1.26.